The molecular weight excluding hydrogens is 1270 g/mol. The molecule has 0 saturated heterocycles. The topological polar surface area (TPSA) is 497 Å². The first-order valence-corrected chi connectivity index (χ1v) is 32.3. The van der Waals surface area contributed by atoms with E-state index in [1.165, 1.54) is 101 Å². The molecule has 0 aliphatic carbocycles. The number of hydrogen-bond donors (Lipinski definition) is 11. The maximum absolute atomic E-state index is 12.4. The Bertz CT molecular complexity index is 4260. The molecule has 7 aromatic rings. The van der Waals surface area contributed by atoms with Gasteiger partial charge in [-0.05, 0) is 84.9 Å². The summed E-state index contributed by atoms with van der Waals surface area (Å²) in [6, 6.07) is 29.3. The summed E-state index contributed by atoms with van der Waals surface area (Å²) in [5.41, 5.74) is 13.7. The SMILES string of the molecule is COc1cc(N)ccc1NS(C)(=O)=O.COc1cc(NC(=O)c2ccc3c(c2)OCO3)ccc1NS(C)(=O)=O.COc1cc([N+](=O)[O-])ccc1N.COc1cc([N+](=O)[O-])ccc1NS(C)(=O)=O.CS(=O)(=O)Nc1ccc(NC(=O)c2ccc(O)c(O)c2)cc1O. The minimum Gasteiger partial charge on any atom is -0.506 e. The van der Waals surface area contributed by atoms with Gasteiger partial charge in [0.05, 0.1) is 104 Å². The zero-order valence-electron chi connectivity index (χ0n) is 48.5. The van der Waals surface area contributed by atoms with Crippen molar-refractivity contribution in [1.82, 2.24) is 0 Å². The van der Waals surface area contributed by atoms with Crippen LogP contribution in [0, 0.1) is 20.2 Å². The van der Waals surface area contributed by atoms with Gasteiger partial charge in [0.1, 0.15) is 28.7 Å². The molecule has 0 unspecified atom stereocenters. The number of amides is 2. The van der Waals surface area contributed by atoms with E-state index in [0.29, 0.717) is 51.3 Å². The predicted molar refractivity (Wildman–Crippen MR) is 334 cm³/mol. The quantitative estimate of drug-likeness (QED) is 0.0195. The Labute approximate surface area is 515 Å². The maximum atomic E-state index is 12.4. The van der Waals surface area contributed by atoms with Gasteiger partial charge in [-0.25, -0.2) is 33.7 Å². The van der Waals surface area contributed by atoms with Gasteiger partial charge in [0.2, 0.25) is 46.9 Å². The minimum atomic E-state index is -3.54. The molecule has 0 aromatic heterocycles. The van der Waals surface area contributed by atoms with Crippen molar-refractivity contribution in [1.29, 1.82) is 0 Å². The second-order valence-electron chi connectivity index (χ2n) is 18.1. The summed E-state index contributed by atoms with van der Waals surface area (Å²) in [5.74, 6) is 0.138. The number of methoxy groups -OCH3 is 4. The number of nitrogens with two attached hydrogens (primary N) is 2. The molecule has 0 atom stereocenters. The van der Waals surface area contributed by atoms with Gasteiger partial charge in [0.15, 0.2) is 23.0 Å². The highest BCUT2D eigenvalue weighted by molar-refractivity contribution is 7.92. The number of fused-ring (bicyclic) bond motifs is 1. The Kier molecular flexibility index (Phi) is 24.7. The standard InChI is InChI=1S/C16H16N2O6S.C14H14N2O6S.C8H10N2O5S.C8H12N2O3S.C7H8N2O3/c1-22-14-8-11(4-5-12(14)18-25(2,20)21)17-16(19)10-3-6-13-15(7-10)24-9-23-13;1-23(21,22)16-10-4-3-9(7-12(10)18)15-14(20)8-2-5-11(17)13(19)6-8;1-15-8-5-6(10(11)12)3-4-7(8)9-16(2,13)14;1-13-8-5-6(9)3-4-7(8)10-14(2,11)12;1-12-7-4-5(9(10)11)2-3-6(7)8/h3-8,18H,9H2,1-2H3,(H,17,19);2-7,16-19H,1H3,(H,15,20);3-5,9H,1-2H3;3-5,10H,9H2,1-2H3;2-4H,8H2,1H3. The molecule has 2 amide bonds. The van der Waals surface area contributed by atoms with Crippen LogP contribution in [0.1, 0.15) is 20.7 Å². The average molecular weight is 1330 g/mol. The first-order valence-electron chi connectivity index (χ1n) is 24.7. The van der Waals surface area contributed by atoms with Crippen LogP contribution in [0.5, 0.6) is 51.7 Å². The highest BCUT2D eigenvalue weighted by atomic mass is 32.2. The minimum absolute atomic E-state index is 0.0206. The zero-order valence-corrected chi connectivity index (χ0v) is 51.8. The number of nitro benzene ring substituents is 2. The molecule has 0 fully saturated rings. The number of phenolic OH excluding ortho intramolecular Hbond substituents is 3. The van der Waals surface area contributed by atoms with Crippen LogP contribution in [0.25, 0.3) is 0 Å². The lowest BCUT2D eigenvalue weighted by molar-refractivity contribution is -0.385. The molecule has 0 saturated carbocycles. The molecule has 7 aromatic carbocycles. The lowest BCUT2D eigenvalue weighted by atomic mass is 10.2. The van der Waals surface area contributed by atoms with Gasteiger partial charge < -0.3 is 65.8 Å². The molecule has 0 spiro atoms. The lowest BCUT2D eigenvalue weighted by Gasteiger charge is -2.12. The van der Waals surface area contributed by atoms with E-state index < -0.39 is 61.6 Å². The van der Waals surface area contributed by atoms with E-state index >= 15 is 0 Å². The summed E-state index contributed by atoms with van der Waals surface area (Å²) in [7, 11) is -8.14. The van der Waals surface area contributed by atoms with Gasteiger partial charge in [-0.2, -0.15) is 0 Å². The highest BCUT2D eigenvalue weighted by Gasteiger charge is 2.19. The van der Waals surface area contributed by atoms with Crippen LogP contribution in [0.3, 0.4) is 0 Å². The smallest absolute Gasteiger partial charge is 0.273 e. The first kappa shape index (κ1) is 71.6. The summed E-state index contributed by atoms with van der Waals surface area (Å²) in [4.78, 5) is 44.1. The molecule has 13 N–H and O–H groups in total. The normalized spacial score (nSPS) is 11.2. The monoisotopic (exact) mass is 1330 g/mol. The van der Waals surface area contributed by atoms with Crippen LogP contribution in [0.2, 0.25) is 0 Å². The van der Waals surface area contributed by atoms with Crippen LogP contribution in [0.4, 0.5) is 56.9 Å². The number of non-ortho nitro benzene ring substituents is 2. The number of nitrogen functional groups attached to an aromatic ring is 2. The third-order valence-corrected chi connectivity index (χ3v) is 13.2. The largest absolute Gasteiger partial charge is 0.506 e. The van der Waals surface area contributed by atoms with Crippen molar-refractivity contribution in [3.8, 4) is 51.7 Å². The van der Waals surface area contributed by atoms with E-state index in [1.54, 1.807) is 42.5 Å². The number of phenols is 3. The van der Waals surface area contributed by atoms with Crippen LogP contribution in [-0.2, 0) is 40.1 Å². The fourth-order valence-corrected chi connectivity index (χ4v) is 9.22. The number of rotatable bonds is 18. The molecular formula is C53H60N10O23S4. The van der Waals surface area contributed by atoms with Gasteiger partial charge in [0.25, 0.3) is 23.2 Å². The third-order valence-electron chi connectivity index (χ3n) is 10.8. The molecule has 33 nitrogen and oxygen atoms in total. The van der Waals surface area contributed by atoms with E-state index in [-0.39, 0.29) is 75.4 Å². The van der Waals surface area contributed by atoms with Gasteiger partial charge in [-0.1, -0.05) is 0 Å². The number of anilines is 8. The Balaban J connectivity index is 0.000000247. The van der Waals surface area contributed by atoms with E-state index in [9.17, 15) is 78.8 Å². The first-order chi connectivity index (χ1) is 41.9. The molecule has 0 bridgehead atoms. The number of carbonyl (C=O) groups is 2. The number of nitrogens with one attached hydrogen (secondary N) is 6. The van der Waals surface area contributed by atoms with Crippen molar-refractivity contribution < 1.29 is 96.8 Å². The number of nitro groups is 2. The maximum Gasteiger partial charge on any atom is 0.273 e. The second-order valence-corrected chi connectivity index (χ2v) is 25.1. The van der Waals surface area contributed by atoms with Crippen molar-refractivity contribution >= 4 is 109 Å². The number of sulfonamides is 4. The van der Waals surface area contributed by atoms with Crippen LogP contribution < -0.4 is 69.4 Å². The number of ether oxygens (including phenoxy) is 6. The summed E-state index contributed by atoms with van der Waals surface area (Å²) < 4.78 is 128. The number of aromatic hydroxyl groups is 3. The van der Waals surface area contributed by atoms with Gasteiger partial charge in [-0.3, -0.25) is 48.7 Å². The van der Waals surface area contributed by atoms with Gasteiger partial charge in [-0.15, -0.1) is 0 Å². The number of carbonyl (C=O) groups excluding carboxylic acids is 2. The predicted octanol–water partition coefficient (Wildman–Crippen LogP) is 6.28. The number of hydrogen-bond acceptors (Lipinski definition) is 25. The fraction of sp³-hybridized carbons (Fsp3) is 0.170. The van der Waals surface area contributed by atoms with Crippen LogP contribution in [0.15, 0.2) is 127 Å². The van der Waals surface area contributed by atoms with Crippen molar-refractivity contribution in [3.05, 3.63) is 159 Å². The average Bonchev–Trinajstić information content (AvgIpc) is 2.75. The van der Waals surface area contributed by atoms with E-state index in [4.69, 9.17) is 39.9 Å². The van der Waals surface area contributed by atoms with E-state index in [0.717, 1.165) is 37.2 Å². The van der Waals surface area contributed by atoms with E-state index in [2.05, 4.69) is 29.5 Å². The fourth-order valence-electron chi connectivity index (χ4n) is 6.94. The summed E-state index contributed by atoms with van der Waals surface area (Å²) in [6.45, 7) is 0.131. The van der Waals surface area contributed by atoms with Crippen molar-refractivity contribution in [2.75, 3.05) is 101 Å². The Morgan fingerprint density at radius 2 is 0.856 bits per heavy atom. The van der Waals surface area contributed by atoms with Crippen LogP contribution in [-0.4, -0.2) is 131 Å². The summed E-state index contributed by atoms with van der Waals surface area (Å²) >= 11 is 0. The molecule has 1 aliphatic heterocycles. The lowest BCUT2D eigenvalue weighted by Crippen LogP contribution is -2.13. The van der Waals surface area contributed by atoms with Crippen molar-refractivity contribution in [2.45, 2.75) is 0 Å². The molecule has 90 heavy (non-hydrogen) atoms. The van der Waals surface area contributed by atoms with Gasteiger partial charge >= 0.3 is 0 Å². The van der Waals surface area contributed by atoms with Crippen molar-refractivity contribution in [3.63, 3.8) is 0 Å². The molecule has 37 heteroatoms. The second kappa shape index (κ2) is 31.1. The Hall–Kier alpha value is -10.9. The molecule has 1 aliphatic rings. The summed E-state index contributed by atoms with van der Waals surface area (Å²) in [5, 5.41) is 54.3. The Morgan fingerprint density at radius 3 is 1.33 bits per heavy atom. The van der Waals surface area contributed by atoms with Crippen molar-refractivity contribution in [2.24, 2.45) is 0 Å². The van der Waals surface area contributed by atoms with E-state index in [1.807, 2.05) is 0 Å². The molecule has 484 valence electrons. The molecule has 0 radical (unpaired) electrons. The number of benzene rings is 7. The van der Waals surface area contributed by atoms with Gasteiger partial charge in [0, 0.05) is 58.5 Å². The number of nitrogens with zero attached hydrogens (tertiary/aromatic N) is 2. The molecule has 8 rings (SSSR count). The molecule has 1 heterocycles. The van der Waals surface area contributed by atoms with Crippen LogP contribution >= 0.6 is 0 Å². The highest BCUT2D eigenvalue weighted by Crippen LogP contribution is 2.35. The Morgan fingerprint density at radius 1 is 0.456 bits per heavy atom. The third kappa shape index (κ3) is 23.4. The zero-order chi connectivity index (χ0) is 67.5. The summed E-state index contributed by atoms with van der Waals surface area (Å²) in [6.07, 6.45) is 4.04.